The molecule has 1 aliphatic rings. The first kappa shape index (κ1) is 17.1. The first-order valence-corrected chi connectivity index (χ1v) is 9.33. The summed E-state index contributed by atoms with van der Waals surface area (Å²) in [5.41, 5.74) is 5.24. The Hall–Kier alpha value is -1.74. The minimum atomic E-state index is 0.701. The van der Waals surface area contributed by atoms with E-state index in [0.717, 1.165) is 12.3 Å². The maximum Gasteiger partial charge on any atom is 0.119 e. The van der Waals surface area contributed by atoms with Crippen molar-refractivity contribution in [3.05, 3.63) is 47.3 Å². The largest absolute Gasteiger partial charge is 0.494 e. The van der Waals surface area contributed by atoms with Gasteiger partial charge in [-0.15, -0.1) is 0 Å². The topological polar surface area (TPSA) is 26.2 Å². The normalized spacial score (nSPS) is 15.6. The Morgan fingerprint density at radius 2 is 1.79 bits per heavy atom. The summed E-state index contributed by atoms with van der Waals surface area (Å²) in [4.78, 5) is 0. The summed E-state index contributed by atoms with van der Waals surface area (Å²) in [7, 11) is 0. The predicted molar refractivity (Wildman–Crippen MR) is 100 cm³/mol. The number of benzene rings is 1. The van der Waals surface area contributed by atoms with Crippen molar-refractivity contribution in [3.63, 3.8) is 0 Å². The van der Waals surface area contributed by atoms with Crippen LogP contribution in [0.1, 0.15) is 56.0 Å². The van der Waals surface area contributed by atoms with Gasteiger partial charge in [-0.1, -0.05) is 19.3 Å². The summed E-state index contributed by atoms with van der Waals surface area (Å²) < 4.78 is 7.89. The van der Waals surface area contributed by atoms with E-state index in [9.17, 15) is 0 Å². The van der Waals surface area contributed by atoms with Gasteiger partial charge < -0.3 is 14.6 Å². The molecule has 2 aromatic rings. The maximum atomic E-state index is 5.55. The number of nitrogens with one attached hydrogen (secondary N) is 1. The lowest BCUT2D eigenvalue weighted by atomic mass is 9.95. The molecule has 1 aromatic heterocycles. The van der Waals surface area contributed by atoms with Crippen LogP contribution in [0.15, 0.2) is 30.3 Å². The Labute approximate surface area is 146 Å². The van der Waals surface area contributed by atoms with E-state index < -0.39 is 0 Å². The van der Waals surface area contributed by atoms with Gasteiger partial charge in [0.25, 0.3) is 0 Å². The molecule has 24 heavy (non-hydrogen) atoms. The minimum Gasteiger partial charge on any atom is -0.494 e. The number of hydrogen-bond donors (Lipinski definition) is 1. The highest BCUT2D eigenvalue weighted by Crippen LogP contribution is 2.24. The molecule has 3 heteroatoms. The van der Waals surface area contributed by atoms with Crippen molar-refractivity contribution >= 4 is 0 Å². The maximum absolute atomic E-state index is 5.55. The highest BCUT2D eigenvalue weighted by Gasteiger charge is 2.15. The fourth-order valence-electron chi connectivity index (χ4n) is 3.82. The fourth-order valence-corrected chi connectivity index (χ4v) is 3.82. The van der Waals surface area contributed by atoms with E-state index in [2.05, 4.69) is 54.1 Å². The molecule has 0 atom stereocenters. The van der Waals surface area contributed by atoms with Gasteiger partial charge in [-0.25, -0.2) is 0 Å². The van der Waals surface area contributed by atoms with Crippen molar-refractivity contribution in [1.29, 1.82) is 0 Å². The molecule has 0 saturated heterocycles. The molecule has 3 rings (SSSR count). The van der Waals surface area contributed by atoms with Crippen LogP contribution in [-0.2, 0) is 6.54 Å². The summed E-state index contributed by atoms with van der Waals surface area (Å²) >= 11 is 0. The number of aromatic nitrogens is 1. The van der Waals surface area contributed by atoms with E-state index in [1.807, 2.05) is 6.92 Å². The smallest absolute Gasteiger partial charge is 0.119 e. The Balaban J connectivity index is 1.73. The van der Waals surface area contributed by atoms with E-state index in [-0.39, 0.29) is 0 Å². The van der Waals surface area contributed by atoms with Gasteiger partial charge in [-0.05, 0) is 69.5 Å². The molecule has 0 spiro atoms. The fraction of sp³-hybridized carbons (Fsp3) is 0.524. The zero-order chi connectivity index (χ0) is 16.9. The molecule has 1 fully saturated rings. The van der Waals surface area contributed by atoms with Crippen LogP contribution in [0.5, 0.6) is 5.75 Å². The summed E-state index contributed by atoms with van der Waals surface area (Å²) in [6.07, 6.45) is 6.82. The molecule has 130 valence electrons. The molecular weight excluding hydrogens is 296 g/mol. The molecule has 1 aliphatic carbocycles. The van der Waals surface area contributed by atoms with Crippen LogP contribution in [0.2, 0.25) is 0 Å². The highest BCUT2D eigenvalue weighted by molar-refractivity contribution is 5.43. The zero-order valence-electron chi connectivity index (χ0n) is 15.3. The van der Waals surface area contributed by atoms with Crippen molar-refractivity contribution in [2.45, 2.75) is 65.5 Å². The second-order valence-electron chi connectivity index (χ2n) is 6.87. The van der Waals surface area contributed by atoms with Gasteiger partial charge in [0, 0.05) is 29.7 Å². The van der Waals surface area contributed by atoms with Crippen LogP contribution in [-0.4, -0.2) is 17.2 Å². The first-order chi connectivity index (χ1) is 11.7. The summed E-state index contributed by atoms with van der Waals surface area (Å²) in [6, 6.07) is 11.4. The molecule has 0 amide bonds. The lowest BCUT2D eigenvalue weighted by Gasteiger charge is -2.22. The average molecular weight is 326 g/mol. The van der Waals surface area contributed by atoms with Gasteiger partial charge >= 0.3 is 0 Å². The molecule has 1 heterocycles. The molecule has 1 saturated carbocycles. The number of aryl methyl sites for hydroxylation is 1. The minimum absolute atomic E-state index is 0.701. The van der Waals surface area contributed by atoms with Crippen molar-refractivity contribution in [2.24, 2.45) is 0 Å². The van der Waals surface area contributed by atoms with Crippen molar-refractivity contribution in [2.75, 3.05) is 6.61 Å². The molecule has 0 bridgehead atoms. The average Bonchev–Trinajstić information content (AvgIpc) is 2.89. The predicted octanol–water partition coefficient (Wildman–Crippen LogP) is 4.92. The second-order valence-corrected chi connectivity index (χ2v) is 6.87. The Morgan fingerprint density at radius 1 is 1.08 bits per heavy atom. The van der Waals surface area contributed by atoms with E-state index in [1.165, 1.54) is 54.7 Å². The molecule has 0 unspecified atom stereocenters. The van der Waals surface area contributed by atoms with Gasteiger partial charge in [0.15, 0.2) is 0 Å². The van der Waals surface area contributed by atoms with Gasteiger partial charge in [0.1, 0.15) is 5.75 Å². The van der Waals surface area contributed by atoms with Crippen LogP contribution >= 0.6 is 0 Å². The zero-order valence-corrected chi connectivity index (χ0v) is 15.3. The van der Waals surface area contributed by atoms with Crippen molar-refractivity contribution < 1.29 is 4.74 Å². The third-order valence-corrected chi connectivity index (χ3v) is 5.13. The monoisotopic (exact) mass is 326 g/mol. The lowest BCUT2D eigenvalue weighted by Crippen LogP contribution is -2.30. The van der Waals surface area contributed by atoms with Crippen molar-refractivity contribution in [1.82, 2.24) is 9.88 Å². The molecule has 0 radical (unpaired) electrons. The van der Waals surface area contributed by atoms with Gasteiger partial charge in [-0.2, -0.15) is 0 Å². The molecule has 1 aromatic carbocycles. The Bertz CT molecular complexity index is 651. The number of hydrogen-bond acceptors (Lipinski definition) is 2. The van der Waals surface area contributed by atoms with Crippen LogP contribution in [0, 0.1) is 13.8 Å². The number of nitrogens with zero attached hydrogens (tertiary/aromatic N) is 1. The van der Waals surface area contributed by atoms with Gasteiger partial charge in [-0.3, -0.25) is 0 Å². The Kier molecular flexibility index (Phi) is 5.62. The quantitative estimate of drug-likeness (QED) is 0.816. The van der Waals surface area contributed by atoms with Crippen molar-refractivity contribution in [3.8, 4) is 11.4 Å². The summed E-state index contributed by atoms with van der Waals surface area (Å²) in [5, 5.41) is 3.76. The van der Waals surface area contributed by atoms with E-state index in [1.54, 1.807) is 0 Å². The number of ether oxygens (including phenoxy) is 1. The van der Waals surface area contributed by atoms with E-state index >= 15 is 0 Å². The molecule has 0 aliphatic heterocycles. The molecule has 1 N–H and O–H groups in total. The van der Waals surface area contributed by atoms with Crippen LogP contribution in [0.4, 0.5) is 0 Å². The van der Waals surface area contributed by atoms with Gasteiger partial charge in [0.05, 0.1) is 6.61 Å². The summed E-state index contributed by atoms with van der Waals surface area (Å²) in [6.45, 7) is 8.11. The molecular formula is C21H30N2O. The van der Waals surface area contributed by atoms with Crippen LogP contribution in [0.25, 0.3) is 5.69 Å². The SMILES string of the molecule is CCOc1ccc(-n2c(C)cc(CNC3CCCCC3)c2C)cc1. The van der Waals surface area contributed by atoms with Crippen LogP contribution < -0.4 is 10.1 Å². The third-order valence-electron chi connectivity index (χ3n) is 5.13. The second kappa shape index (κ2) is 7.89. The van der Waals surface area contributed by atoms with Gasteiger partial charge in [0.2, 0.25) is 0 Å². The highest BCUT2D eigenvalue weighted by atomic mass is 16.5. The summed E-state index contributed by atoms with van der Waals surface area (Å²) in [5.74, 6) is 0.933. The standard InChI is InChI=1S/C21H30N2O/c1-4-24-21-12-10-20(11-13-21)23-16(2)14-18(17(23)3)15-22-19-8-6-5-7-9-19/h10-14,19,22H,4-9,15H2,1-3H3. The van der Waals surface area contributed by atoms with E-state index in [4.69, 9.17) is 4.74 Å². The third kappa shape index (κ3) is 3.84. The first-order valence-electron chi connectivity index (χ1n) is 9.33. The van der Waals surface area contributed by atoms with E-state index in [0.29, 0.717) is 12.6 Å². The lowest BCUT2D eigenvalue weighted by molar-refractivity contribution is 0.340. The molecule has 3 nitrogen and oxygen atoms in total. The van der Waals surface area contributed by atoms with Crippen LogP contribution in [0.3, 0.4) is 0 Å². The number of rotatable bonds is 6. The Morgan fingerprint density at radius 3 is 2.46 bits per heavy atom.